The molecule has 0 saturated heterocycles. The average molecular weight is 295 g/mol. The van der Waals surface area contributed by atoms with Crippen LogP contribution in [0.1, 0.15) is 32.6 Å². The number of hydrogen-bond donors (Lipinski definition) is 1. The summed E-state index contributed by atoms with van der Waals surface area (Å²) in [5, 5.41) is 9.26. The highest BCUT2D eigenvalue weighted by Crippen LogP contribution is 2.33. The van der Waals surface area contributed by atoms with Crippen molar-refractivity contribution in [2.75, 3.05) is 13.2 Å². The number of nitrogens with zero attached hydrogens (tertiary/aromatic N) is 1. The van der Waals surface area contributed by atoms with Gasteiger partial charge in [0.05, 0.1) is 18.4 Å². The molecule has 2 aliphatic carbocycles. The topological polar surface area (TPSA) is 83.9 Å². The molecule has 0 radical (unpaired) electrons. The first kappa shape index (κ1) is 15.5. The highest BCUT2D eigenvalue weighted by molar-refractivity contribution is 5.88. The standard InChI is InChI=1S/C15H21NO5/c1-2-21-13(17)9-16(10-7-8-10)14(18)11-5-3-4-6-12(11)15(19)20/h3-4,10-12H,2,5-9H2,1H3,(H,19,20). The third-order valence-corrected chi connectivity index (χ3v) is 3.94. The number of rotatable bonds is 6. The van der Waals surface area contributed by atoms with Gasteiger partial charge in [0.25, 0.3) is 0 Å². The van der Waals surface area contributed by atoms with Crippen molar-refractivity contribution < 1.29 is 24.2 Å². The lowest BCUT2D eigenvalue weighted by molar-refractivity contribution is -0.154. The van der Waals surface area contributed by atoms with Gasteiger partial charge < -0.3 is 14.7 Å². The van der Waals surface area contributed by atoms with Gasteiger partial charge in [-0.1, -0.05) is 12.2 Å². The molecule has 0 heterocycles. The van der Waals surface area contributed by atoms with E-state index in [4.69, 9.17) is 4.74 Å². The van der Waals surface area contributed by atoms with Crippen LogP contribution in [-0.2, 0) is 19.1 Å². The molecule has 2 aliphatic rings. The third kappa shape index (κ3) is 3.83. The summed E-state index contributed by atoms with van der Waals surface area (Å²) in [6.45, 7) is 1.91. The van der Waals surface area contributed by atoms with Crippen molar-refractivity contribution >= 4 is 17.8 Å². The van der Waals surface area contributed by atoms with E-state index in [-0.39, 0.29) is 25.1 Å². The maximum absolute atomic E-state index is 12.7. The van der Waals surface area contributed by atoms with Gasteiger partial charge in [0.15, 0.2) is 0 Å². The molecule has 6 nitrogen and oxygen atoms in total. The molecule has 0 spiro atoms. The Hall–Kier alpha value is -1.85. The lowest BCUT2D eigenvalue weighted by Crippen LogP contribution is -2.45. The number of carboxylic acids is 1. The van der Waals surface area contributed by atoms with Crippen LogP contribution in [0.5, 0.6) is 0 Å². The van der Waals surface area contributed by atoms with Crippen LogP contribution in [0.15, 0.2) is 12.2 Å². The predicted octanol–water partition coefficient (Wildman–Crippen LogP) is 1.21. The molecule has 21 heavy (non-hydrogen) atoms. The summed E-state index contributed by atoms with van der Waals surface area (Å²) in [4.78, 5) is 37.1. The fourth-order valence-corrected chi connectivity index (χ4v) is 2.69. The lowest BCUT2D eigenvalue weighted by atomic mass is 9.82. The summed E-state index contributed by atoms with van der Waals surface area (Å²) < 4.78 is 4.90. The Morgan fingerprint density at radius 2 is 1.81 bits per heavy atom. The zero-order chi connectivity index (χ0) is 15.4. The van der Waals surface area contributed by atoms with Crippen LogP contribution in [0.4, 0.5) is 0 Å². The summed E-state index contributed by atoms with van der Waals surface area (Å²) in [5.41, 5.74) is 0. The minimum atomic E-state index is -0.954. The zero-order valence-corrected chi connectivity index (χ0v) is 12.2. The Morgan fingerprint density at radius 3 is 2.33 bits per heavy atom. The molecule has 1 amide bonds. The van der Waals surface area contributed by atoms with Gasteiger partial charge in [-0.2, -0.15) is 0 Å². The molecule has 1 fully saturated rings. The summed E-state index contributed by atoms with van der Waals surface area (Å²) in [6.07, 6.45) is 6.16. The molecule has 1 saturated carbocycles. The molecule has 1 N–H and O–H groups in total. The fraction of sp³-hybridized carbons (Fsp3) is 0.667. The van der Waals surface area contributed by atoms with E-state index in [2.05, 4.69) is 0 Å². The summed E-state index contributed by atoms with van der Waals surface area (Å²) >= 11 is 0. The second-order valence-electron chi connectivity index (χ2n) is 5.50. The number of carbonyl (C=O) groups is 3. The van der Waals surface area contributed by atoms with E-state index in [9.17, 15) is 19.5 Å². The van der Waals surface area contributed by atoms with E-state index >= 15 is 0 Å². The first-order chi connectivity index (χ1) is 10.0. The fourth-order valence-electron chi connectivity index (χ4n) is 2.69. The molecular weight excluding hydrogens is 274 g/mol. The molecule has 116 valence electrons. The maximum atomic E-state index is 12.7. The van der Waals surface area contributed by atoms with Crippen molar-refractivity contribution in [3.05, 3.63) is 12.2 Å². The quantitative estimate of drug-likeness (QED) is 0.588. The zero-order valence-electron chi connectivity index (χ0n) is 12.2. The molecule has 0 aromatic carbocycles. The number of hydrogen-bond acceptors (Lipinski definition) is 4. The Balaban J connectivity index is 2.08. The molecule has 0 aromatic heterocycles. The number of amides is 1. The van der Waals surface area contributed by atoms with Gasteiger partial charge in [0.2, 0.25) is 5.91 Å². The van der Waals surface area contributed by atoms with Gasteiger partial charge in [-0.3, -0.25) is 14.4 Å². The van der Waals surface area contributed by atoms with Crippen molar-refractivity contribution in [3.63, 3.8) is 0 Å². The average Bonchev–Trinajstić information content (AvgIpc) is 3.29. The SMILES string of the molecule is CCOC(=O)CN(C(=O)C1CC=CCC1C(=O)O)C1CC1. The normalized spacial score (nSPS) is 24.4. The molecule has 2 unspecified atom stereocenters. The Morgan fingerprint density at radius 1 is 1.19 bits per heavy atom. The second kappa shape index (κ2) is 6.74. The van der Waals surface area contributed by atoms with Gasteiger partial charge >= 0.3 is 11.9 Å². The van der Waals surface area contributed by atoms with E-state index in [0.29, 0.717) is 12.8 Å². The molecular formula is C15H21NO5. The van der Waals surface area contributed by atoms with Gasteiger partial charge in [-0.25, -0.2) is 0 Å². The Labute approximate surface area is 123 Å². The number of allylic oxidation sites excluding steroid dienone is 2. The smallest absolute Gasteiger partial charge is 0.325 e. The van der Waals surface area contributed by atoms with Crippen LogP contribution in [0.25, 0.3) is 0 Å². The van der Waals surface area contributed by atoms with Crippen molar-refractivity contribution in [2.45, 2.75) is 38.6 Å². The van der Waals surface area contributed by atoms with Crippen LogP contribution in [0.3, 0.4) is 0 Å². The van der Waals surface area contributed by atoms with Crippen molar-refractivity contribution in [3.8, 4) is 0 Å². The van der Waals surface area contributed by atoms with Gasteiger partial charge in [0.1, 0.15) is 6.54 Å². The maximum Gasteiger partial charge on any atom is 0.325 e. The van der Waals surface area contributed by atoms with Gasteiger partial charge in [-0.15, -0.1) is 0 Å². The van der Waals surface area contributed by atoms with Crippen molar-refractivity contribution in [2.24, 2.45) is 11.8 Å². The number of ether oxygens (including phenoxy) is 1. The van der Waals surface area contributed by atoms with Crippen molar-refractivity contribution in [1.29, 1.82) is 0 Å². The Bertz CT molecular complexity index is 455. The van der Waals surface area contributed by atoms with Crippen LogP contribution >= 0.6 is 0 Å². The molecule has 0 aromatic rings. The predicted molar refractivity (Wildman–Crippen MR) is 74.4 cm³/mol. The first-order valence-corrected chi connectivity index (χ1v) is 7.38. The minimum absolute atomic E-state index is 0.0576. The minimum Gasteiger partial charge on any atom is -0.481 e. The van der Waals surface area contributed by atoms with Crippen LogP contribution in [0.2, 0.25) is 0 Å². The molecule has 0 bridgehead atoms. The van der Waals surface area contributed by atoms with Gasteiger partial charge in [0, 0.05) is 6.04 Å². The van der Waals surface area contributed by atoms with Crippen molar-refractivity contribution in [1.82, 2.24) is 4.90 Å². The van der Waals surface area contributed by atoms with Gasteiger partial charge in [-0.05, 0) is 32.6 Å². The number of esters is 1. The van der Waals surface area contributed by atoms with E-state index in [1.54, 1.807) is 13.0 Å². The molecule has 0 aliphatic heterocycles. The highest BCUT2D eigenvalue weighted by Gasteiger charge is 2.41. The van der Waals surface area contributed by atoms with E-state index in [1.807, 2.05) is 6.08 Å². The largest absolute Gasteiger partial charge is 0.481 e. The summed E-state index contributed by atoms with van der Waals surface area (Å²) in [5.74, 6) is -2.91. The van der Waals surface area contributed by atoms with E-state index in [1.165, 1.54) is 4.90 Å². The summed E-state index contributed by atoms with van der Waals surface area (Å²) in [6, 6.07) is 0.0576. The molecule has 2 atom stereocenters. The van der Waals surface area contributed by atoms with Crippen LogP contribution in [-0.4, -0.2) is 47.0 Å². The monoisotopic (exact) mass is 295 g/mol. The number of aliphatic carboxylic acids is 1. The number of carboxylic acid groups (broad SMARTS) is 1. The molecule has 6 heteroatoms. The molecule has 2 rings (SSSR count). The lowest BCUT2D eigenvalue weighted by Gasteiger charge is -2.30. The number of carbonyl (C=O) groups excluding carboxylic acids is 2. The van der Waals surface area contributed by atoms with E-state index < -0.39 is 23.8 Å². The van der Waals surface area contributed by atoms with Crippen LogP contribution in [0, 0.1) is 11.8 Å². The van der Waals surface area contributed by atoms with E-state index in [0.717, 1.165) is 12.8 Å². The third-order valence-electron chi connectivity index (χ3n) is 3.94. The Kier molecular flexibility index (Phi) is 4.98. The first-order valence-electron chi connectivity index (χ1n) is 7.38. The van der Waals surface area contributed by atoms with Crippen LogP contribution < -0.4 is 0 Å². The highest BCUT2D eigenvalue weighted by atomic mass is 16.5. The summed E-state index contributed by atoms with van der Waals surface area (Å²) in [7, 11) is 0. The second-order valence-corrected chi connectivity index (χ2v) is 5.50.